The van der Waals surface area contributed by atoms with Crippen molar-refractivity contribution in [3.8, 4) is 0 Å². The number of nitrogens with zero attached hydrogens (tertiary/aromatic N) is 4. The van der Waals surface area contributed by atoms with Gasteiger partial charge in [-0.05, 0) is 49.9 Å². The zero-order valence-corrected chi connectivity index (χ0v) is 20.9. The van der Waals surface area contributed by atoms with Crippen LogP contribution in [0, 0.1) is 47.3 Å². The van der Waals surface area contributed by atoms with Crippen LogP contribution >= 0.6 is 0 Å². The van der Waals surface area contributed by atoms with Gasteiger partial charge in [0.05, 0.1) is 23.7 Å². The van der Waals surface area contributed by atoms with E-state index in [-0.39, 0.29) is 71.0 Å². The molecule has 0 spiro atoms. The fourth-order valence-electron chi connectivity index (χ4n) is 7.73. The number of hydrogen-bond donors (Lipinski definition) is 0. The molecule has 2 heterocycles. The van der Waals surface area contributed by atoms with Gasteiger partial charge in [-0.3, -0.25) is 29.0 Å². The van der Waals surface area contributed by atoms with Gasteiger partial charge in [0, 0.05) is 26.2 Å². The van der Waals surface area contributed by atoms with Crippen molar-refractivity contribution < 1.29 is 19.2 Å². The smallest absolute Gasteiger partial charge is 0.233 e. The maximum Gasteiger partial charge on any atom is 0.233 e. The summed E-state index contributed by atoms with van der Waals surface area (Å²) in [7, 11) is 0. The van der Waals surface area contributed by atoms with E-state index in [0.717, 1.165) is 26.2 Å². The zero-order valence-electron chi connectivity index (χ0n) is 20.9. The number of fused-ring (bicyclic) bond motifs is 1. The Labute approximate surface area is 202 Å². The van der Waals surface area contributed by atoms with Crippen LogP contribution in [0.4, 0.5) is 0 Å². The van der Waals surface area contributed by atoms with Gasteiger partial charge < -0.3 is 9.80 Å². The van der Waals surface area contributed by atoms with Crippen LogP contribution in [0.5, 0.6) is 0 Å². The number of amides is 4. The molecule has 4 amide bonds. The third-order valence-corrected chi connectivity index (χ3v) is 9.59. The summed E-state index contributed by atoms with van der Waals surface area (Å²) in [6.07, 6.45) is 4.16. The maximum atomic E-state index is 13.4. The molecule has 0 aromatic rings. The number of carbonyl (C=O) groups excluding carboxylic acids is 4. The molecule has 4 fully saturated rings. The first kappa shape index (κ1) is 23.7. The van der Waals surface area contributed by atoms with Crippen molar-refractivity contribution in [2.75, 3.05) is 52.4 Å². The normalized spacial score (nSPS) is 37.7. The Balaban J connectivity index is 1.34. The first-order valence-corrected chi connectivity index (χ1v) is 13.2. The van der Waals surface area contributed by atoms with Gasteiger partial charge in [0.15, 0.2) is 0 Å². The molecule has 6 rings (SSSR count). The van der Waals surface area contributed by atoms with Gasteiger partial charge in [-0.25, -0.2) is 0 Å². The summed E-state index contributed by atoms with van der Waals surface area (Å²) in [5, 5.41) is 0. The molecule has 2 bridgehead atoms. The molecular formula is C26H38N4O4. The van der Waals surface area contributed by atoms with Crippen molar-refractivity contribution >= 4 is 23.6 Å². The van der Waals surface area contributed by atoms with Gasteiger partial charge in [-0.2, -0.15) is 0 Å². The molecular weight excluding hydrogens is 432 g/mol. The van der Waals surface area contributed by atoms with Crippen LogP contribution in [0.2, 0.25) is 0 Å². The molecule has 2 saturated carbocycles. The van der Waals surface area contributed by atoms with Crippen molar-refractivity contribution in [3.05, 3.63) is 12.2 Å². The van der Waals surface area contributed by atoms with E-state index in [2.05, 4.69) is 49.6 Å². The first-order valence-electron chi connectivity index (χ1n) is 13.2. The van der Waals surface area contributed by atoms with E-state index in [4.69, 9.17) is 0 Å². The lowest BCUT2D eigenvalue weighted by molar-refractivity contribution is -0.166. The highest BCUT2D eigenvalue weighted by atomic mass is 16.2. The highest BCUT2D eigenvalue weighted by Crippen LogP contribution is 2.68. The van der Waals surface area contributed by atoms with Gasteiger partial charge >= 0.3 is 0 Å². The van der Waals surface area contributed by atoms with Gasteiger partial charge in [0.1, 0.15) is 0 Å². The van der Waals surface area contributed by atoms with E-state index in [9.17, 15) is 19.2 Å². The molecule has 186 valence electrons. The highest BCUT2D eigenvalue weighted by molar-refractivity contribution is 6.09. The Hall–Kier alpha value is -2.06. The molecule has 2 aliphatic heterocycles. The second-order valence-electron chi connectivity index (χ2n) is 10.5. The lowest BCUT2D eigenvalue weighted by Gasteiger charge is -2.60. The summed E-state index contributed by atoms with van der Waals surface area (Å²) in [6.45, 7) is 14.1. The van der Waals surface area contributed by atoms with Gasteiger partial charge in [0.25, 0.3) is 0 Å². The Morgan fingerprint density at radius 1 is 0.588 bits per heavy atom. The molecule has 0 radical (unpaired) electrons. The van der Waals surface area contributed by atoms with E-state index >= 15 is 0 Å². The number of imide groups is 2. The number of allylic oxidation sites excluding steroid dienone is 2. The fraction of sp³-hybridized carbons (Fsp3) is 0.769. The molecule has 8 nitrogen and oxygen atoms in total. The molecule has 6 aliphatic rings. The molecule has 8 heteroatoms. The lowest BCUT2D eigenvalue weighted by atomic mass is 9.40. The number of carbonyl (C=O) groups is 4. The predicted octanol–water partition coefficient (Wildman–Crippen LogP) is 0.934. The molecule has 4 aliphatic carbocycles. The molecule has 0 aromatic carbocycles. The average molecular weight is 471 g/mol. The van der Waals surface area contributed by atoms with Crippen molar-refractivity contribution in [3.63, 3.8) is 0 Å². The van der Waals surface area contributed by atoms with Crippen LogP contribution in [-0.2, 0) is 19.2 Å². The van der Waals surface area contributed by atoms with E-state index in [0.29, 0.717) is 26.2 Å². The topological polar surface area (TPSA) is 81.2 Å². The van der Waals surface area contributed by atoms with Crippen molar-refractivity contribution in [2.45, 2.75) is 27.7 Å². The quantitative estimate of drug-likeness (QED) is 0.349. The number of likely N-dealkylation sites (N-methyl/N-ethyl adjacent to an activating group) is 2. The van der Waals surface area contributed by atoms with Gasteiger partial charge in [-0.1, -0.05) is 39.8 Å². The minimum absolute atomic E-state index is 0.00985. The van der Waals surface area contributed by atoms with Crippen molar-refractivity contribution in [1.29, 1.82) is 0 Å². The van der Waals surface area contributed by atoms with Gasteiger partial charge in [0.2, 0.25) is 23.6 Å². The number of rotatable bonds is 10. The largest absolute Gasteiger partial charge is 0.302 e. The summed E-state index contributed by atoms with van der Waals surface area (Å²) in [5.74, 6) is -1.84. The minimum Gasteiger partial charge on any atom is -0.302 e. The summed E-state index contributed by atoms with van der Waals surface area (Å²) >= 11 is 0. The second kappa shape index (κ2) is 8.86. The Morgan fingerprint density at radius 2 is 0.912 bits per heavy atom. The monoisotopic (exact) mass is 470 g/mol. The Bertz CT molecular complexity index is 854. The lowest BCUT2D eigenvalue weighted by Crippen LogP contribution is -2.63. The summed E-state index contributed by atoms with van der Waals surface area (Å²) in [6, 6.07) is 0. The van der Waals surface area contributed by atoms with E-state index in [1.807, 2.05) is 0 Å². The van der Waals surface area contributed by atoms with Crippen LogP contribution in [0.25, 0.3) is 0 Å². The number of hydrogen-bond acceptors (Lipinski definition) is 6. The standard InChI is InChI=1S/C26H38N4O4/c1-5-27(6-2)11-13-29-23(31)19-15-9-10-16(20(19)24(29)32)18-17(15)21-22(18)26(34)30(25(21)33)14-12-28(7-3)8-4/h9-10,15-22H,5-8,11-14H2,1-4H3/t15-,16+,17-,18-,19+,20-,21-,22-/m1/s1. The molecule has 2 saturated heterocycles. The predicted molar refractivity (Wildman–Crippen MR) is 126 cm³/mol. The van der Waals surface area contributed by atoms with E-state index in [1.165, 1.54) is 9.80 Å². The highest BCUT2D eigenvalue weighted by Gasteiger charge is 2.74. The second-order valence-corrected chi connectivity index (χ2v) is 10.5. The summed E-state index contributed by atoms with van der Waals surface area (Å²) in [4.78, 5) is 60.9. The molecule has 34 heavy (non-hydrogen) atoms. The van der Waals surface area contributed by atoms with Crippen LogP contribution in [0.1, 0.15) is 27.7 Å². The van der Waals surface area contributed by atoms with Crippen LogP contribution in [-0.4, -0.2) is 95.6 Å². The third-order valence-electron chi connectivity index (χ3n) is 9.59. The van der Waals surface area contributed by atoms with E-state index < -0.39 is 0 Å². The summed E-state index contributed by atoms with van der Waals surface area (Å²) < 4.78 is 0. The Morgan fingerprint density at radius 3 is 1.24 bits per heavy atom. The zero-order chi connectivity index (χ0) is 24.3. The SMILES string of the molecule is CCN(CC)CCN1C(=O)[C@@H]2[C@H]3C=C[C@@H]([C@@H]2C1=O)[C@H]1[C@H]2C(=O)N(CCN(CC)CC)C(=O)[C@@H]2[C@H]31. The molecule has 0 unspecified atom stereocenters. The third kappa shape index (κ3) is 3.17. The minimum atomic E-state index is -0.367. The van der Waals surface area contributed by atoms with Crippen molar-refractivity contribution in [1.82, 2.24) is 19.6 Å². The first-order chi connectivity index (χ1) is 16.4. The van der Waals surface area contributed by atoms with Crippen LogP contribution in [0.15, 0.2) is 12.2 Å². The Kier molecular flexibility index (Phi) is 6.17. The van der Waals surface area contributed by atoms with Gasteiger partial charge in [-0.15, -0.1) is 0 Å². The molecule has 0 aromatic heterocycles. The average Bonchev–Trinajstić information content (AvgIpc) is 3.20. The maximum absolute atomic E-state index is 13.4. The fourth-order valence-corrected chi connectivity index (χ4v) is 7.73. The number of likely N-dealkylation sites (tertiary alicyclic amines) is 2. The molecule has 8 atom stereocenters. The summed E-state index contributed by atoms with van der Waals surface area (Å²) in [5.41, 5.74) is 0. The van der Waals surface area contributed by atoms with Crippen LogP contribution in [0.3, 0.4) is 0 Å². The van der Waals surface area contributed by atoms with Crippen LogP contribution < -0.4 is 0 Å². The van der Waals surface area contributed by atoms with E-state index in [1.54, 1.807) is 0 Å². The molecule has 0 N–H and O–H groups in total. The van der Waals surface area contributed by atoms with Crippen molar-refractivity contribution in [2.24, 2.45) is 47.3 Å².